The van der Waals surface area contributed by atoms with Crippen LogP contribution in [0.3, 0.4) is 0 Å². The van der Waals surface area contributed by atoms with Crippen LogP contribution in [0, 0.1) is 0 Å². The number of rotatable bonds is 4. The Labute approximate surface area is 349 Å². The monoisotopic (exact) mass is 770 g/mol. The van der Waals surface area contributed by atoms with Crippen LogP contribution in [-0.4, -0.2) is 9.97 Å². The molecule has 0 bridgehead atoms. The van der Waals surface area contributed by atoms with Gasteiger partial charge in [-0.05, 0) is 97.1 Å². The van der Waals surface area contributed by atoms with Crippen LogP contribution >= 0.6 is 11.8 Å². The number of fused-ring (bicyclic) bond motifs is 12. The summed E-state index contributed by atoms with van der Waals surface area (Å²) < 4.78 is 0. The van der Waals surface area contributed by atoms with Gasteiger partial charge in [-0.15, -0.1) is 0 Å². The van der Waals surface area contributed by atoms with Crippen LogP contribution in [0.15, 0.2) is 204 Å². The average molecular weight is 771 g/mol. The van der Waals surface area contributed by atoms with Gasteiger partial charge in [-0.2, -0.15) is 0 Å². The van der Waals surface area contributed by atoms with E-state index in [1.165, 1.54) is 71.0 Å². The minimum Gasteiger partial charge on any atom is -0.228 e. The fraction of sp³-hybridized carbons (Fsp3) is 0.0714. The van der Waals surface area contributed by atoms with Crippen molar-refractivity contribution in [3.05, 3.63) is 228 Å². The molecule has 1 aromatic heterocycles. The molecule has 0 unspecified atom stereocenters. The predicted molar refractivity (Wildman–Crippen MR) is 243 cm³/mol. The molecule has 3 heteroatoms. The highest BCUT2D eigenvalue weighted by Gasteiger charge is 2.50. The van der Waals surface area contributed by atoms with Crippen molar-refractivity contribution in [3.8, 4) is 67.3 Å². The molecule has 9 aromatic rings. The van der Waals surface area contributed by atoms with Crippen LogP contribution < -0.4 is 0 Å². The number of nitrogens with zero attached hydrogens (tertiary/aromatic N) is 2. The predicted octanol–water partition coefficient (Wildman–Crippen LogP) is 14.3. The van der Waals surface area contributed by atoms with E-state index in [1.54, 1.807) is 0 Å². The Kier molecular flexibility index (Phi) is 7.46. The molecule has 278 valence electrons. The standard InChI is InChI=1S/C56H38N2S/c1-55(2)44-22-9-6-19-40(44)43-29-27-39(32-49(43)55)51-34-50(57-54(58-51)35-15-4-3-5-16-35)38-18-14-17-36(31-38)37-28-30-48-53(33-37)59-52-26-13-12-25-47(52)56(48)45-23-10-7-20-41(45)42-21-8-11-24-46(42)56/h3-34H,1-2H3. The Morgan fingerprint density at radius 1 is 0.339 bits per heavy atom. The van der Waals surface area contributed by atoms with Gasteiger partial charge >= 0.3 is 0 Å². The summed E-state index contributed by atoms with van der Waals surface area (Å²) in [5.41, 5.74) is 20.2. The zero-order chi connectivity index (χ0) is 39.3. The van der Waals surface area contributed by atoms with E-state index in [9.17, 15) is 0 Å². The van der Waals surface area contributed by atoms with Crippen LogP contribution in [0.5, 0.6) is 0 Å². The average Bonchev–Trinajstić information content (AvgIpc) is 3.72. The van der Waals surface area contributed by atoms with Crippen LogP contribution in [0.25, 0.3) is 67.3 Å². The van der Waals surface area contributed by atoms with Gasteiger partial charge in [0.25, 0.3) is 0 Å². The van der Waals surface area contributed by atoms with Gasteiger partial charge in [-0.1, -0.05) is 189 Å². The van der Waals surface area contributed by atoms with Crippen molar-refractivity contribution in [2.45, 2.75) is 34.5 Å². The summed E-state index contributed by atoms with van der Waals surface area (Å²) in [4.78, 5) is 13.1. The van der Waals surface area contributed by atoms with E-state index in [0.29, 0.717) is 0 Å². The maximum Gasteiger partial charge on any atom is 0.160 e. The number of aromatic nitrogens is 2. The maximum atomic E-state index is 5.24. The third-order valence-electron chi connectivity index (χ3n) is 13.0. The van der Waals surface area contributed by atoms with Crippen molar-refractivity contribution in [2.24, 2.45) is 0 Å². The highest BCUT2D eigenvalue weighted by molar-refractivity contribution is 7.99. The van der Waals surface area contributed by atoms with Crippen LogP contribution in [0.1, 0.15) is 47.2 Å². The van der Waals surface area contributed by atoms with Crippen LogP contribution in [-0.2, 0) is 10.8 Å². The van der Waals surface area contributed by atoms with E-state index >= 15 is 0 Å². The zero-order valence-electron chi connectivity index (χ0n) is 32.8. The molecule has 59 heavy (non-hydrogen) atoms. The summed E-state index contributed by atoms with van der Waals surface area (Å²) in [6.07, 6.45) is 0. The second-order valence-electron chi connectivity index (χ2n) is 16.5. The topological polar surface area (TPSA) is 25.8 Å². The molecule has 2 nitrogen and oxygen atoms in total. The molecule has 12 rings (SSSR count). The quantitative estimate of drug-likeness (QED) is 0.178. The molecular formula is C56H38N2S. The summed E-state index contributed by atoms with van der Waals surface area (Å²) in [5, 5.41) is 0. The molecule has 0 radical (unpaired) electrons. The van der Waals surface area contributed by atoms with Gasteiger partial charge in [-0.25, -0.2) is 9.97 Å². The molecule has 8 aromatic carbocycles. The first-order valence-corrected chi connectivity index (χ1v) is 21.2. The lowest BCUT2D eigenvalue weighted by molar-refractivity contribution is 0.660. The van der Waals surface area contributed by atoms with Gasteiger partial charge < -0.3 is 0 Å². The van der Waals surface area contributed by atoms with E-state index in [-0.39, 0.29) is 10.8 Å². The van der Waals surface area contributed by atoms with E-state index in [0.717, 1.165) is 39.5 Å². The zero-order valence-corrected chi connectivity index (χ0v) is 33.6. The normalized spacial score (nSPS) is 14.5. The van der Waals surface area contributed by atoms with E-state index in [1.807, 2.05) is 17.8 Å². The van der Waals surface area contributed by atoms with Crippen molar-refractivity contribution >= 4 is 11.8 Å². The number of hydrogen-bond donors (Lipinski definition) is 0. The molecule has 2 aliphatic carbocycles. The minimum absolute atomic E-state index is 0.103. The number of benzene rings is 8. The Balaban J connectivity index is 0.986. The molecule has 0 fully saturated rings. The molecule has 2 heterocycles. The van der Waals surface area contributed by atoms with Crippen molar-refractivity contribution in [2.75, 3.05) is 0 Å². The highest BCUT2D eigenvalue weighted by atomic mass is 32.2. The third kappa shape index (κ3) is 5.01. The van der Waals surface area contributed by atoms with E-state index in [2.05, 4.69) is 202 Å². The summed E-state index contributed by atoms with van der Waals surface area (Å²) in [6, 6.07) is 71.1. The first kappa shape index (κ1) is 34.3. The fourth-order valence-corrected chi connectivity index (χ4v) is 11.5. The van der Waals surface area contributed by atoms with E-state index < -0.39 is 0 Å². The highest BCUT2D eigenvalue weighted by Crippen LogP contribution is 2.62. The first-order valence-electron chi connectivity index (χ1n) is 20.4. The van der Waals surface area contributed by atoms with Gasteiger partial charge in [0, 0.05) is 31.9 Å². The third-order valence-corrected chi connectivity index (χ3v) is 14.1. The lowest BCUT2D eigenvalue weighted by Gasteiger charge is -2.39. The second-order valence-corrected chi connectivity index (χ2v) is 17.6. The van der Waals surface area contributed by atoms with Gasteiger partial charge in [0.15, 0.2) is 5.82 Å². The fourth-order valence-electron chi connectivity index (χ4n) is 10.2. The van der Waals surface area contributed by atoms with Gasteiger partial charge in [-0.3, -0.25) is 0 Å². The minimum atomic E-state index is -0.383. The van der Waals surface area contributed by atoms with Gasteiger partial charge in [0.05, 0.1) is 16.8 Å². The molecule has 0 saturated heterocycles. The van der Waals surface area contributed by atoms with Gasteiger partial charge in [0.2, 0.25) is 0 Å². The van der Waals surface area contributed by atoms with Crippen molar-refractivity contribution < 1.29 is 0 Å². The second kappa shape index (κ2) is 12.8. The molecule has 0 amide bonds. The smallest absolute Gasteiger partial charge is 0.160 e. The Morgan fingerprint density at radius 3 is 1.58 bits per heavy atom. The number of hydrogen-bond acceptors (Lipinski definition) is 3. The molecular weight excluding hydrogens is 733 g/mol. The van der Waals surface area contributed by atoms with Crippen LogP contribution in [0.4, 0.5) is 0 Å². The molecule has 3 aliphatic rings. The van der Waals surface area contributed by atoms with E-state index in [4.69, 9.17) is 9.97 Å². The molecule has 0 saturated carbocycles. The Morgan fingerprint density at radius 2 is 0.847 bits per heavy atom. The maximum absolute atomic E-state index is 5.24. The molecule has 1 aliphatic heterocycles. The molecule has 0 N–H and O–H groups in total. The van der Waals surface area contributed by atoms with Crippen molar-refractivity contribution in [3.63, 3.8) is 0 Å². The molecule has 1 spiro atoms. The Bertz CT molecular complexity index is 3130. The van der Waals surface area contributed by atoms with Crippen molar-refractivity contribution in [1.29, 1.82) is 0 Å². The lowest BCUT2D eigenvalue weighted by Crippen LogP contribution is -2.31. The summed E-state index contributed by atoms with van der Waals surface area (Å²) in [5.74, 6) is 0.720. The largest absolute Gasteiger partial charge is 0.228 e. The van der Waals surface area contributed by atoms with Gasteiger partial charge in [0.1, 0.15) is 0 Å². The summed E-state index contributed by atoms with van der Waals surface area (Å²) >= 11 is 1.88. The molecule has 0 atom stereocenters. The van der Waals surface area contributed by atoms with Crippen LogP contribution in [0.2, 0.25) is 0 Å². The summed E-state index contributed by atoms with van der Waals surface area (Å²) in [7, 11) is 0. The first-order chi connectivity index (χ1) is 29.0. The summed E-state index contributed by atoms with van der Waals surface area (Å²) in [6.45, 7) is 4.66. The van der Waals surface area contributed by atoms with Crippen molar-refractivity contribution in [1.82, 2.24) is 9.97 Å². The Hall–Kier alpha value is -6.81. The SMILES string of the molecule is CC1(C)c2ccccc2-c2ccc(-c3cc(-c4cccc(-c5ccc6c(c5)Sc5ccccc5C65c6ccccc6-c6ccccc65)c4)nc(-c4ccccc4)n3)cc21. The lowest BCUT2D eigenvalue weighted by atomic mass is 9.67.